The molecule has 130 valence electrons. The van der Waals surface area contributed by atoms with Crippen molar-refractivity contribution in [3.05, 3.63) is 50.6 Å². The van der Waals surface area contributed by atoms with E-state index < -0.39 is 0 Å². The number of hydrogen-bond acceptors (Lipinski definition) is 4. The third kappa shape index (κ3) is 4.07. The number of carbonyl (C=O) groups excluding carboxylic acids is 1. The van der Waals surface area contributed by atoms with Gasteiger partial charge in [-0.15, -0.1) is 11.3 Å². The lowest BCUT2D eigenvalue weighted by atomic mass is 10.0. The lowest BCUT2D eigenvalue weighted by molar-refractivity contribution is -0.117. The van der Waals surface area contributed by atoms with Crippen molar-refractivity contribution in [3.63, 3.8) is 0 Å². The van der Waals surface area contributed by atoms with E-state index >= 15 is 0 Å². The Hall–Kier alpha value is -1.79. The Morgan fingerprint density at radius 1 is 1.20 bits per heavy atom. The number of nitrogens with one attached hydrogen (secondary N) is 1. The van der Waals surface area contributed by atoms with Crippen LogP contribution in [-0.4, -0.2) is 19.1 Å². The first-order chi connectivity index (χ1) is 12.2. The quantitative estimate of drug-likeness (QED) is 0.722. The molecule has 1 N–H and O–H groups in total. The molecular weight excluding hydrogens is 402 g/mol. The first-order valence-corrected chi connectivity index (χ1v) is 9.93. The maximum absolute atomic E-state index is 12.4. The number of rotatable bonds is 5. The molecule has 2 heterocycles. The molecule has 1 unspecified atom stereocenters. The van der Waals surface area contributed by atoms with Gasteiger partial charge in [-0.1, -0.05) is 6.07 Å². The Morgan fingerprint density at radius 2 is 2.00 bits per heavy atom. The van der Waals surface area contributed by atoms with Crippen molar-refractivity contribution in [2.45, 2.75) is 18.9 Å². The van der Waals surface area contributed by atoms with E-state index in [2.05, 4.69) is 21.2 Å². The van der Waals surface area contributed by atoms with Crippen molar-refractivity contribution in [3.8, 4) is 11.5 Å². The first-order valence-electron chi connectivity index (χ1n) is 8.32. The van der Waals surface area contributed by atoms with Crippen LogP contribution in [0.1, 0.15) is 29.3 Å². The molecule has 1 aliphatic carbocycles. The molecule has 1 amide bonds. The largest absolute Gasteiger partial charge is 0.486 e. The molecule has 1 atom stereocenters. The number of ether oxygens (including phenoxy) is 2. The number of hydrogen-bond donors (Lipinski definition) is 1. The predicted octanol–water partition coefficient (Wildman–Crippen LogP) is 4.56. The van der Waals surface area contributed by atoms with E-state index in [1.54, 1.807) is 17.4 Å². The van der Waals surface area contributed by atoms with Crippen molar-refractivity contribution in [2.24, 2.45) is 5.92 Å². The fourth-order valence-corrected chi connectivity index (χ4v) is 4.26. The third-order valence-electron chi connectivity index (χ3n) is 4.31. The van der Waals surface area contributed by atoms with E-state index in [9.17, 15) is 4.79 Å². The normalized spacial score (nSPS) is 17.5. The molecule has 0 radical (unpaired) electrons. The Morgan fingerprint density at radius 3 is 2.72 bits per heavy atom. The van der Waals surface area contributed by atoms with Gasteiger partial charge in [-0.3, -0.25) is 4.79 Å². The van der Waals surface area contributed by atoms with E-state index in [4.69, 9.17) is 9.47 Å². The molecule has 25 heavy (non-hydrogen) atoms. The summed E-state index contributed by atoms with van der Waals surface area (Å²) in [5.74, 6) is 1.97. The van der Waals surface area contributed by atoms with Crippen LogP contribution in [0.4, 0.5) is 0 Å². The Labute approximate surface area is 159 Å². The molecule has 6 heteroatoms. The summed E-state index contributed by atoms with van der Waals surface area (Å²) < 4.78 is 12.3. The van der Waals surface area contributed by atoms with Crippen LogP contribution in [0.2, 0.25) is 0 Å². The second kappa shape index (κ2) is 7.22. The molecule has 1 aromatic carbocycles. The van der Waals surface area contributed by atoms with Gasteiger partial charge in [-0.25, -0.2) is 0 Å². The van der Waals surface area contributed by atoms with Crippen molar-refractivity contribution in [1.82, 2.24) is 5.32 Å². The van der Waals surface area contributed by atoms with Gasteiger partial charge in [0, 0.05) is 11.0 Å². The maximum Gasteiger partial charge on any atom is 0.244 e. The fourth-order valence-electron chi connectivity index (χ4n) is 2.93. The maximum atomic E-state index is 12.4. The van der Waals surface area contributed by atoms with E-state index in [-0.39, 0.29) is 11.9 Å². The lowest BCUT2D eigenvalue weighted by Gasteiger charge is -2.22. The first kappa shape index (κ1) is 16.7. The number of fused-ring (bicyclic) bond motifs is 1. The van der Waals surface area contributed by atoms with Gasteiger partial charge in [-0.2, -0.15) is 0 Å². The summed E-state index contributed by atoms with van der Waals surface area (Å²) in [6.07, 6.45) is 5.73. The number of amides is 1. The van der Waals surface area contributed by atoms with Gasteiger partial charge in [0.25, 0.3) is 0 Å². The van der Waals surface area contributed by atoms with E-state index in [1.807, 2.05) is 36.4 Å². The highest BCUT2D eigenvalue weighted by atomic mass is 79.9. The van der Waals surface area contributed by atoms with Crippen LogP contribution >= 0.6 is 27.3 Å². The molecule has 4 nitrogen and oxygen atoms in total. The summed E-state index contributed by atoms with van der Waals surface area (Å²) in [4.78, 5) is 13.4. The molecule has 2 aliphatic rings. The predicted molar refractivity (Wildman–Crippen MR) is 102 cm³/mol. The molecule has 0 bridgehead atoms. The van der Waals surface area contributed by atoms with E-state index in [1.165, 1.54) is 0 Å². The summed E-state index contributed by atoms with van der Waals surface area (Å²) in [6.45, 7) is 1.15. The van der Waals surface area contributed by atoms with Crippen molar-refractivity contribution < 1.29 is 14.3 Å². The number of carbonyl (C=O) groups is 1. The van der Waals surface area contributed by atoms with Gasteiger partial charge < -0.3 is 14.8 Å². The highest BCUT2D eigenvalue weighted by Crippen LogP contribution is 2.43. The van der Waals surface area contributed by atoms with Crippen LogP contribution in [0.5, 0.6) is 11.5 Å². The minimum Gasteiger partial charge on any atom is -0.486 e. The van der Waals surface area contributed by atoms with Gasteiger partial charge in [0.05, 0.1) is 9.83 Å². The summed E-state index contributed by atoms with van der Waals surface area (Å²) in [5, 5.41) is 3.15. The fraction of sp³-hybridized carbons (Fsp3) is 0.316. The van der Waals surface area contributed by atoms with E-state index in [0.29, 0.717) is 19.1 Å². The van der Waals surface area contributed by atoms with Crippen LogP contribution in [-0.2, 0) is 4.79 Å². The second-order valence-electron chi connectivity index (χ2n) is 6.20. The molecule has 0 spiro atoms. The summed E-state index contributed by atoms with van der Waals surface area (Å²) in [7, 11) is 0. The van der Waals surface area contributed by atoms with Gasteiger partial charge in [0.2, 0.25) is 5.91 Å². The highest BCUT2D eigenvalue weighted by molar-refractivity contribution is 9.11. The Balaban J connectivity index is 1.48. The lowest BCUT2D eigenvalue weighted by Crippen LogP contribution is -2.28. The molecule has 4 rings (SSSR count). The summed E-state index contributed by atoms with van der Waals surface area (Å²) in [5.41, 5.74) is 1.08. The summed E-state index contributed by atoms with van der Waals surface area (Å²) >= 11 is 5.03. The van der Waals surface area contributed by atoms with Gasteiger partial charge in [0.15, 0.2) is 11.5 Å². The summed E-state index contributed by atoms with van der Waals surface area (Å²) in [6, 6.07) is 9.93. The molecule has 0 saturated heterocycles. The smallest absolute Gasteiger partial charge is 0.244 e. The van der Waals surface area contributed by atoms with Crippen molar-refractivity contribution in [1.29, 1.82) is 0 Å². The molecule has 1 aliphatic heterocycles. The monoisotopic (exact) mass is 419 g/mol. The van der Waals surface area contributed by atoms with Gasteiger partial charge in [0.1, 0.15) is 13.2 Å². The van der Waals surface area contributed by atoms with Gasteiger partial charge in [-0.05, 0) is 70.6 Å². The van der Waals surface area contributed by atoms with Crippen LogP contribution < -0.4 is 14.8 Å². The van der Waals surface area contributed by atoms with Crippen LogP contribution in [0.25, 0.3) is 6.08 Å². The molecule has 1 aromatic heterocycles. The molecule has 2 aromatic rings. The van der Waals surface area contributed by atoms with Crippen LogP contribution in [0.15, 0.2) is 40.2 Å². The molecule has 1 fully saturated rings. The number of halogens is 1. The SMILES string of the molecule is O=C(C=Cc1ccc(Br)s1)NC(c1ccc2c(c1)OCCO2)C1CC1. The van der Waals surface area contributed by atoms with E-state index in [0.717, 1.165) is 38.6 Å². The zero-order chi connectivity index (χ0) is 17.2. The minimum atomic E-state index is -0.0729. The zero-order valence-corrected chi connectivity index (χ0v) is 15.9. The molecule has 1 saturated carbocycles. The third-order valence-corrected chi connectivity index (χ3v) is 5.90. The minimum absolute atomic E-state index is 0.0167. The number of thiophene rings is 1. The van der Waals surface area contributed by atoms with Gasteiger partial charge >= 0.3 is 0 Å². The topological polar surface area (TPSA) is 47.6 Å². The Bertz CT molecular complexity index is 813. The van der Waals surface area contributed by atoms with Crippen LogP contribution in [0.3, 0.4) is 0 Å². The number of benzene rings is 1. The van der Waals surface area contributed by atoms with Crippen LogP contribution in [0, 0.1) is 5.92 Å². The molecular formula is C19H18BrNO3S. The standard InChI is InChI=1S/C19H18BrNO3S/c20-17-7-4-14(25-17)5-8-18(22)21-19(12-1-2-12)13-3-6-15-16(11-13)24-10-9-23-15/h3-8,11-12,19H,1-2,9-10H2,(H,21,22). The highest BCUT2D eigenvalue weighted by Gasteiger charge is 2.33. The van der Waals surface area contributed by atoms with Crippen molar-refractivity contribution >= 4 is 39.2 Å². The van der Waals surface area contributed by atoms with Crippen molar-refractivity contribution in [2.75, 3.05) is 13.2 Å². The average Bonchev–Trinajstić information content (AvgIpc) is 3.39. The average molecular weight is 420 g/mol. The Kier molecular flexibility index (Phi) is 4.81. The second-order valence-corrected chi connectivity index (χ2v) is 8.70. The zero-order valence-electron chi connectivity index (χ0n) is 13.5.